The van der Waals surface area contributed by atoms with E-state index in [1.807, 2.05) is 13.8 Å². The largest absolute Gasteiger partial charge is 0.398 e. The minimum atomic E-state index is -4.28. The van der Waals surface area contributed by atoms with Crippen LogP contribution in [0.5, 0.6) is 0 Å². The number of anilines is 1. The Morgan fingerprint density at radius 1 is 1.28 bits per heavy atom. The number of nitrogens with two attached hydrogens (primary N) is 1. The van der Waals surface area contributed by atoms with E-state index in [9.17, 15) is 14.4 Å². The van der Waals surface area contributed by atoms with Crippen LogP contribution < -0.4 is 16.4 Å². The quantitative estimate of drug-likeness (QED) is 0.472. The Bertz CT molecular complexity index is 483. The van der Waals surface area contributed by atoms with Crippen molar-refractivity contribution < 1.29 is 14.4 Å². The second-order valence-corrected chi connectivity index (χ2v) is 5.78. The van der Waals surface area contributed by atoms with Crippen LogP contribution in [0.2, 0.25) is 0 Å². The van der Waals surface area contributed by atoms with Gasteiger partial charge in [0.15, 0.2) is 0 Å². The van der Waals surface area contributed by atoms with Gasteiger partial charge in [-0.05, 0) is 42.6 Å². The molecule has 0 heterocycles. The minimum absolute atomic E-state index is 0.0970. The third-order valence-corrected chi connectivity index (χ3v) is 4.08. The van der Waals surface area contributed by atoms with Crippen molar-refractivity contribution in [3.05, 3.63) is 22.8 Å². The summed E-state index contributed by atoms with van der Waals surface area (Å²) >= 11 is 0. The molecule has 0 spiro atoms. The van der Waals surface area contributed by atoms with Gasteiger partial charge in [-0.25, -0.2) is 0 Å². The van der Waals surface area contributed by atoms with Gasteiger partial charge in [0.1, 0.15) is 0 Å². The van der Waals surface area contributed by atoms with Gasteiger partial charge >= 0.3 is 7.60 Å². The van der Waals surface area contributed by atoms with Crippen molar-refractivity contribution in [2.75, 3.05) is 12.8 Å². The first-order chi connectivity index (χ1) is 8.36. The lowest BCUT2D eigenvalue weighted by molar-refractivity contribution is 0.387. The average molecular weight is 272 g/mol. The molecule has 1 rings (SSSR count). The number of hydrogen-bond donors (Lipinski definition) is 4. The molecule has 0 amide bonds. The number of aryl methyl sites for hydroxylation is 1. The third-order valence-electron chi connectivity index (χ3n) is 3.06. The first-order valence-electron chi connectivity index (χ1n) is 6.00. The maximum atomic E-state index is 11.6. The van der Waals surface area contributed by atoms with Gasteiger partial charge in [-0.15, -0.1) is 0 Å². The van der Waals surface area contributed by atoms with Crippen molar-refractivity contribution in [1.82, 2.24) is 5.32 Å². The zero-order valence-electron chi connectivity index (χ0n) is 11.0. The number of rotatable bonds is 5. The molecule has 0 atom stereocenters. The zero-order valence-corrected chi connectivity index (χ0v) is 11.9. The maximum absolute atomic E-state index is 11.6. The fourth-order valence-corrected chi connectivity index (χ4v) is 3.06. The number of benzene rings is 1. The maximum Gasteiger partial charge on any atom is 0.356 e. The highest BCUT2D eigenvalue weighted by molar-refractivity contribution is 7.60. The van der Waals surface area contributed by atoms with Crippen LogP contribution in [-0.2, 0) is 24.0 Å². The van der Waals surface area contributed by atoms with Crippen LogP contribution in [0.15, 0.2) is 6.07 Å². The van der Waals surface area contributed by atoms with Gasteiger partial charge in [-0.2, -0.15) is 0 Å². The molecule has 1 aromatic carbocycles. The summed E-state index contributed by atoms with van der Waals surface area (Å²) in [7, 11) is -2.54. The van der Waals surface area contributed by atoms with Crippen molar-refractivity contribution in [3.8, 4) is 0 Å². The fourth-order valence-electron chi connectivity index (χ4n) is 2.17. The lowest BCUT2D eigenvalue weighted by Crippen LogP contribution is -2.22. The first kappa shape index (κ1) is 15.2. The van der Waals surface area contributed by atoms with E-state index in [2.05, 4.69) is 5.32 Å². The summed E-state index contributed by atoms with van der Waals surface area (Å²) < 4.78 is 11.6. The molecule has 0 aliphatic rings. The Hall–Kier alpha value is -0.870. The molecular weight excluding hydrogens is 251 g/mol. The van der Waals surface area contributed by atoms with Crippen LogP contribution in [0.25, 0.3) is 0 Å². The van der Waals surface area contributed by atoms with Gasteiger partial charge in [-0.3, -0.25) is 4.57 Å². The van der Waals surface area contributed by atoms with E-state index >= 15 is 0 Å². The molecule has 0 saturated carbocycles. The number of nitrogens with one attached hydrogen (secondary N) is 1. The molecule has 0 unspecified atom stereocenters. The highest BCUT2D eigenvalue weighted by Crippen LogP contribution is 2.38. The minimum Gasteiger partial charge on any atom is -0.398 e. The van der Waals surface area contributed by atoms with Gasteiger partial charge in [0.05, 0.1) is 5.30 Å². The molecule has 0 aromatic heterocycles. The predicted octanol–water partition coefficient (Wildman–Crippen LogP) is 0.916. The van der Waals surface area contributed by atoms with Crippen LogP contribution in [0.1, 0.15) is 30.5 Å². The Balaban J connectivity index is 3.62. The summed E-state index contributed by atoms with van der Waals surface area (Å²) in [4.78, 5) is 18.9. The van der Waals surface area contributed by atoms with Crippen molar-refractivity contribution in [1.29, 1.82) is 0 Å². The zero-order chi connectivity index (χ0) is 13.9. The number of nitrogen functional groups attached to an aromatic ring is 1. The van der Waals surface area contributed by atoms with E-state index < -0.39 is 7.60 Å². The second kappa shape index (κ2) is 5.85. The van der Waals surface area contributed by atoms with Crippen LogP contribution >= 0.6 is 7.60 Å². The molecule has 5 N–H and O–H groups in total. The second-order valence-electron chi connectivity index (χ2n) is 4.21. The first-order valence-corrected chi connectivity index (χ1v) is 7.61. The Labute approximate surface area is 108 Å². The molecule has 5 nitrogen and oxygen atoms in total. The van der Waals surface area contributed by atoms with E-state index in [4.69, 9.17) is 5.73 Å². The molecule has 6 heteroatoms. The molecule has 0 aliphatic carbocycles. The summed E-state index contributed by atoms with van der Waals surface area (Å²) in [5.74, 6) is 0. The monoisotopic (exact) mass is 272 g/mol. The van der Waals surface area contributed by atoms with Gasteiger partial charge in [0, 0.05) is 12.2 Å². The average Bonchev–Trinajstić information content (AvgIpc) is 2.28. The third kappa shape index (κ3) is 2.93. The van der Waals surface area contributed by atoms with E-state index in [1.165, 1.54) is 0 Å². The van der Waals surface area contributed by atoms with E-state index in [0.717, 1.165) is 11.1 Å². The van der Waals surface area contributed by atoms with Crippen molar-refractivity contribution in [2.45, 2.75) is 33.2 Å². The van der Waals surface area contributed by atoms with Gasteiger partial charge < -0.3 is 20.8 Å². The molecular formula is C12H21N2O3P. The van der Waals surface area contributed by atoms with E-state index in [-0.39, 0.29) is 5.30 Å². The van der Waals surface area contributed by atoms with Crippen LogP contribution in [0, 0.1) is 0 Å². The summed E-state index contributed by atoms with van der Waals surface area (Å²) in [6, 6.07) is 1.54. The molecule has 0 aliphatic heterocycles. The van der Waals surface area contributed by atoms with Gasteiger partial charge in [0.2, 0.25) is 0 Å². The highest BCUT2D eigenvalue weighted by atomic mass is 31.2. The summed E-state index contributed by atoms with van der Waals surface area (Å²) in [6.07, 6.45) is 1.31. The van der Waals surface area contributed by atoms with Crippen LogP contribution in [-0.4, -0.2) is 16.8 Å². The van der Waals surface area contributed by atoms with Crippen molar-refractivity contribution in [2.24, 2.45) is 0 Å². The summed E-state index contributed by atoms with van der Waals surface area (Å²) in [5, 5.41) is 3.03. The normalized spacial score (nSPS) is 11.8. The van der Waals surface area contributed by atoms with Gasteiger partial charge in [-0.1, -0.05) is 13.8 Å². The lowest BCUT2D eigenvalue weighted by Gasteiger charge is -2.19. The topological polar surface area (TPSA) is 95.6 Å². The Kier molecular flexibility index (Phi) is 4.93. The van der Waals surface area contributed by atoms with Crippen molar-refractivity contribution in [3.63, 3.8) is 0 Å². The standard InChI is InChI=1S/C12H21N2O3P/c1-4-8-6-11(18(15,16)17)10(7-14-3)9(5-2)12(8)13/h6,14H,4-5,7,13H2,1-3H3,(H2,15,16,17). The molecule has 1 aromatic rings. The number of hydrogen-bond acceptors (Lipinski definition) is 3. The SMILES string of the molecule is CCc1cc(P(=O)(O)O)c(CNC)c(CC)c1N. The lowest BCUT2D eigenvalue weighted by atomic mass is 9.97. The van der Waals surface area contributed by atoms with E-state index in [0.29, 0.717) is 30.6 Å². The predicted molar refractivity (Wildman–Crippen MR) is 74.1 cm³/mol. The Morgan fingerprint density at radius 2 is 1.89 bits per heavy atom. The molecule has 102 valence electrons. The molecule has 0 radical (unpaired) electrons. The van der Waals surface area contributed by atoms with Gasteiger partial charge in [0.25, 0.3) is 0 Å². The highest BCUT2D eigenvalue weighted by Gasteiger charge is 2.25. The molecule has 0 bridgehead atoms. The molecule has 18 heavy (non-hydrogen) atoms. The summed E-state index contributed by atoms with van der Waals surface area (Å²) in [5.41, 5.74) is 8.98. The fraction of sp³-hybridized carbons (Fsp3) is 0.500. The van der Waals surface area contributed by atoms with Crippen LogP contribution in [0.4, 0.5) is 5.69 Å². The smallest absolute Gasteiger partial charge is 0.356 e. The molecule has 0 fully saturated rings. The van der Waals surface area contributed by atoms with Crippen molar-refractivity contribution >= 4 is 18.6 Å². The summed E-state index contributed by atoms with van der Waals surface area (Å²) in [6.45, 7) is 4.26. The van der Waals surface area contributed by atoms with E-state index in [1.54, 1.807) is 13.1 Å². The molecule has 0 saturated heterocycles. The Morgan fingerprint density at radius 3 is 2.28 bits per heavy atom. The van der Waals surface area contributed by atoms with Crippen LogP contribution in [0.3, 0.4) is 0 Å².